The average Bonchev–Trinajstić information content (AvgIpc) is 3.16. The van der Waals surface area contributed by atoms with E-state index in [0.29, 0.717) is 31.1 Å². The standard InChI is InChI=1S/C24H28N2O4S/c1-4-30-23-13-19-16(12-22(23)29-2)9-10-26(24(27)15-31(3)28)21(19)11-17-14-25-20-8-6-5-7-18(17)20/h5-8,12-14,21,25H,4,9-11,15H2,1-3H3. The fraction of sp³-hybridized carbons (Fsp3) is 0.375. The summed E-state index contributed by atoms with van der Waals surface area (Å²) in [4.78, 5) is 18.2. The van der Waals surface area contributed by atoms with Crippen molar-refractivity contribution >= 4 is 28.0 Å². The number of hydrogen-bond acceptors (Lipinski definition) is 4. The normalized spacial score (nSPS) is 16.8. The minimum Gasteiger partial charge on any atom is -0.616 e. The number of nitrogens with one attached hydrogen (secondary N) is 1. The highest BCUT2D eigenvalue weighted by molar-refractivity contribution is 7.91. The van der Waals surface area contributed by atoms with Crippen molar-refractivity contribution in [1.29, 1.82) is 0 Å². The van der Waals surface area contributed by atoms with Crippen molar-refractivity contribution in [2.75, 3.05) is 32.3 Å². The molecular weight excluding hydrogens is 412 g/mol. The van der Waals surface area contributed by atoms with E-state index in [1.165, 1.54) is 0 Å². The Morgan fingerprint density at radius 1 is 1.29 bits per heavy atom. The van der Waals surface area contributed by atoms with E-state index in [-0.39, 0.29) is 17.7 Å². The maximum absolute atomic E-state index is 13.0. The second-order valence-electron chi connectivity index (χ2n) is 7.77. The third-order valence-electron chi connectivity index (χ3n) is 5.82. The van der Waals surface area contributed by atoms with Gasteiger partial charge in [0.05, 0.1) is 26.0 Å². The topological polar surface area (TPSA) is 77.6 Å². The van der Waals surface area contributed by atoms with Crippen LogP contribution in [-0.4, -0.2) is 52.6 Å². The molecule has 0 radical (unpaired) electrons. The maximum atomic E-state index is 13.0. The summed E-state index contributed by atoms with van der Waals surface area (Å²) in [6.45, 7) is 3.06. The number of nitrogens with zero attached hydrogens (tertiary/aromatic N) is 1. The van der Waals surface area contributed by atoms with Crippen molar-refractivity contribution in [2.24, 2.45) is 0 Å². The number of H-pyrrole nitrogens is 1. The third-order valence-corrected chi connectivity index (χ3v) is 6.47. The molecule has 31 heavy (non-hydrogen) atoms. The Balaban J connectivity index is 1.78. The summed E-state index contributed by atoms with van der Waals surface area (Å²) in [7, 11) is 1.64. The molecule has 7 heteroatoms. The van der Waals surface area contributed by atoms with E-state index in [0.717, 1.165) is 34.0 Å². The first kappa shape index (κ1) is 21.6. The summed E-state index contributed by atoms with van der Waals surface area (Å²) in [5.74, 6) is 1.35. The Labute approximate surface area is 185 Å². The predicted molar refractivity (Wildman–Crippen MR) is 123 cm³/mol. The van der Waals surface area contributed by atoms with Gasteiger partial charge in [0, 0.05) is 23.6 Å². The maximum Gasteiger partial charge on any atom is 0.273 e. The zero-order chi connectivity index (χ0) is 22.0. The number of aromatic amines is 1. The van der Waals surface area contributed by atoms with Crippen LogP contribution in [0.5, 0.6) is 11.5 Å². The second-order valence-corrected chi connectivity index (χ2v) is 9.20. The molecule has 0 saturated carbocycles. The second kappa shape index (κ2) is 9.24. The number of methoxy groups -OCH3 is 1. The van der Waals surface area contributed by atoms with Gasteiger partial charge in [0.1, 0.15) is 0 Å². The van der Waals surface area contributed by atoms with Crippen molar-refractivity contribution in [2.45, 2.75) is 25.8 Å². The van der Waals surface area contributed by atoms with Crippen LogP contribution >= 0.6 is 0 Å². The summed E-state index contributed by atoms with van der Waals surface area (Å²) >= 11 is -1.19. The molecule has 4 rings (SSSR count). The Bertz CT molecular complexity index is 1080. The van der Waals surface area contributed by atoms with E-state index in [1.807, 2.05) is 42.3 Å². The van der Waals surface area contributed by atoms with Crippen LogP contribution in [0.25, 0.3) is 10.9 Å². The van der Waals surface area contributed by atoms with Gasteiger partial charge in [0.15, 0.2) is 17.3 Å². The number of hydrogen-bond donors (Lipinski definition) is 1. The SMILES string of the molecule is CCOc1cc2c(cc1OC)CCN(C(=O)C[S+](C)[O-])C2Cc1c[nH]c2ccccc12. The lowest BCUT2D eigenvalue weighted by Gasteiger charge is -2.38. The van der Waals surface area contributed by atoms with Crippen LogP contribution in [0, 0.1) is 0 Å². The van der Waals surface area contributed by atoms with Gasteiger partial charge in [0.2, 0.25) is 0 Å². The number of benzene rings is 2. The zero-order valence-electron chi connectivity index (χ0n) is 18.1. The van der Waals surface area contributed by atoms with Crippen molar-refractivity contribution in [1.82, 2.24) is 9.88 Å². The molecule has 1 aromatic heterocycles. The van der Waals surface area contributed by atoms with Gasteiger partial charge in [-0.25, -0.2) is 0 Å². The minimum atomic E-state index is -1.19. The number of amides is 1. The zero-order valence-corrected chi connectivity index (χ0v) is 19.0. The van der Waals surface area contributed by atoms with Crippen molar-refractivity contribution in [3.8, 4) is 11.5 Å². The first-order valence-corrected chi connectivity index (χ1v) is 12.2. The lowest BCUT2D eigenvalue weighted by atomic mass is 9.88. The molecule has 1 aliphatic heterocycles. The van der Waals surface area contributed by atoms with Crippen molar-refractivity contribution in [3.63, 3.8) is 0 Å². The van der Waals surface area contributed by atoms with Crippen molar-refractivity contribution < 1.29 is 18.8 Å². The molecule has 0 aliphatic carbocycles. The van der Waals surface area contributed by atoms with Crippen LogP contribution < -0.4 is 9.47 Å². The van der Waals surface area contributed by atoms with Gasteiger partial charge in [-0.1, -0.05) is 18.2 Å². The summed E-state index contributed by atoms with van der Waals surface area (Å²) in [6.07, 6.45) is 4.98. The van der Waals surface area contributed by atoms with E-state index in [4.69, 9.17) is 9.47 Å². The lowest BCUT2D eigenvalue weighted by molar-refractivity contribution is -0.131. The quantitative estimate of drug-likeness (QED) is 0.569. The van der Waals surface area contributed by atoms with E-state index >= 15 is 0 Å². The highest BCUT2D eigenvalue weighted by Gasteiger charge is 2.34. The smallest absolute Gasteiger partial charge is 0.273 e. The molecule has 0 fully saturated rings. The van der Waals surface area contributed by atoms with Crippen molar-refractivity contribution in [3.05, 3.63) is 59.3 Å². The average molecular weight is 441 g/mol. The first-order chi connectivity index (χ1) is 15.0. The molecule has 0 saturated heterocycles. The predicted octanol–water partition coefficient (Wildman–Crippen LogP) is 3.62. The van der Waals surface area contributed by atoms with E-state index in [9.17, 15) is 9.35 Å². The van der Waals surface area contributed by atoms with Crippen LogP contribution in [0.15, 0.2) is 42.6 Å². The van der Waals surface area contributed by atoms with Gasteiger partial charge in [-0.15, -0.1) is 0 Å². The monoisotopic (exact) mass is 440 g/mol. The first-order valence-electron chi connectivity index (χ1n) is 10.5. The van der Waals surface area contributed by atoms with Crippen LogP contribution in [0.3, 0.4) is 0 Å². The number of ether oxygens (including phenoxy) is 2. The summed E-state index contributed by atoms with van der Waals surface area (Å²) in [5, 5.41) is 1.15. The highest BCUT2D eigenvalue weighted by Crippen LogP contribution is 2.40. The van der Waals surface area contributed by atoms with Gasteiger partial charge < -0.3 is 23.9 Å². The summed E-state index contributed by atoms with van der Waals surface area (Å²) in [6, 6.07) is 12.1. The van der Waals surface area contributed by atoms with Crippen LogP contribution in [0.2, 0.25) is 0 Å². The summed E-state index contributed by atoms with van der Waals surface area (Å²) < 4.78 is 23.1. The molecule has 2 heterocycles. The van der Waals surface area contributed by atoms with Gasteiger partial charge in [-0.3, -0.25) is 4.79 Å². The molecule has 3 aromatic rings. The molecular formula is C24H28N2O4S. The van der Waals surface area contributed by atoms with Gasteiger partial charge in [-0.05, 0) is 65.8 Å². The fourth-order valence-electron chi connectivity index (χ4n) is 4.42. The fourth-order valence-corrected chi connectivity index (χ4v) is 4.93. The number of para-hydroxylation sites is 1. The molecule has 2 aromatic carbocycles. The molecule has 0 spiro atoms. The molecule has 1 aliphatic rings. The number of fused-ring (bicyclic) bond motifs is 2. The van der Waals surface area contributed by atoms with Crippen LogP contribution in [0.4, 0.5) is 0 Å². The third kappa shape index (κ3) is 4.38. The minimum absolute atomic E-state index is 0.0359. The number of aromatic nitrogens is 1. The Hall–Kier alpha value is -2.64. The molecule has 1 N–H and O–H groups in total. The largest absolute Gasteiger partial charge is 0.616 e. The number of rotatable bonds is 7. The molecule has 1 amide bonds. The molecule has 6 nitrogen and oxygen atoms in total. The Kier molecular flexibility index (Phi) is 6.43. The van der Waals surface area contributed by atoms with Gasteiger partial charge in [-0.2, -0.15) is 0 Å². The molecule has 164 valence electrons. The molecule has 0 bridgehead atoms. The Morgan fingerprint density at radius 3 is 2.84 bits per heavy atom. The van der Waals surface area contributed by atoms with Gasteiger partial charge in [0.25, 0.3) is 5.91 Å². The lowest BCUT2D eigenvalue weighted by Crippen LogP contribution is -2.43. The highest BCUT2D eigenvalue weighted by atomic mass is 32.2. The van der Waals surface area contributed by atoms with E-state index in [2.05, 4.69) is 17.1 Å². The summed E-state index contributed by atoms with van der Waals surface area (Å²) in [5.41, 5.74) is 4.45. The molecule has 2 atom stereocenters. The van der Waals surface area contributed by atoms with Gasteiger partial charge >= 0.3 is 0 Å². The van der Waals surface area contributed by atoms with E-state index < -0.39 is 11.2 Å². The van der Waals surface area contributed by atoms with Crippen LogP contribution in [-0.2, 0) is 28.8 Å². The Morgan fingerprint density at radius 2 is 2.10 bits per heavy atom. The number of carbonyl (C=O) groups excluding carboxylic acids is 1. The van der Waals surface area contributed by atoms with Crippen LogP contribution in [0.1, 0.15) is 29.7 Å². The molecule has 2 unspecified atom stereocenters. The number of carbonyl (C=O) groups is 1. The van der Waals surface area contributed by atoms with E-state index in [1.54, 1.807) is 13.4 Å².